The Labute approximate surface area is 146 Å². The van der Waals surface area contributed by atoms with Gasteiger partial charge in [-0.3, -0.25) is 9.59 Å². The van der Waals surface area contributed by atoms with Crippen molar-refractivity contribution in [3.05, 3.63) is 36.0 Å². The van der Waals surface area contributed by atoms with Gasteiger partial charge in [0.25, 0.3) is 5.91 Å². The second-order valence-electron chi connectivity index (χ2n) is 7.51. The lowest BCUT2D eigenvalue weighted by molar-refractivity contribution is -0.123. The van der Waals surface area contributed by atoms with Crippen molar-refractivity contribution in [3.63, 3.8) is 0 Å². The van der Waals surface area contributed by atoms with Crippen LogP contribution in [0, 0.1) is 11.8 Å². The van der Waals surface area contributed by atoms with Crippen LogP contribution in [0.3, 0.4) is 0 Å². The number of amides is 2. The Kier molecular flexibility index (Phi) is 3.80. The molecule has 2 fully saturated rings. The van der Waals surface area contributed by atoms with E-state index >= 15 is 0 Å². The number of aliphatic hydroxyl groups is 1. The largest absolute Gasteiger partial charge is 0.388 e. The lowest BCUT2D eigenvalue weighted by atomic mass is 9.84. The maximum absolute atomic E-state index is 12.4. The molecule has 2 aliphatic rings. The highest BCUT2D eigenvalue weighted by Crippen LogP contribution is 2.50. The number of rotatable bonds is 5. The summed E-state index contributed by atoms with van der Waals surface area (Å²) in [4.78, 5) is 24.0. The maximum atomic E-state index is 12.4. The standard InChI is InChI=1S/C19H23N3O3/c20-18(24)15-9-22(16-4-2-1-3-14(15)16)10-17(23)21-11-19(25)8-12-5-6-13(19)7-12/h1-4,9,12-13,25H,5-8,10-11H2,(H2,20,24)(H,21,23)/t12-,13+,19-/m0/s1. The summed E-state index contributed by atoms with van der Waals surface area (Å²) in [6, 6.07) is 7.38. The van der Waals surface area contributed by atoms with Gasteiger partial charge in [-0.15, -0.1) is 0 Å². The van der Waals surface area contributed by atoms with E-state index in [1.807, 2.05) is 24.3 Å². The molecule has 4 rings (SSSR count). The molecule has 6 nitrogen and oxygen atoms in total. The highest BCUT2D eigenvalue weighted by atomic mass is 16.3. The van der Waals surface area contributed by atoms with Crippen LogP contribution >= 0.6 is 0 Å². The minimum Gasteiger partial charge on any atom is -0.388 e. The average Bonchev–Trinajstić information content (AvgIpc) is 3.26. The van der Waals surface area contributed by atoms with Gasteiger partial charge >= 0.3 is 0 Å². The fourth-order valence-corrected chi connectivity index (χ4v) is 4.67. The van der Waals surface area contributed by atoms with Crippen LogP contribution in [-0.4, -0.2) is 33.6 Å². The molecule has 2 bridgehead atoms. The number of nitrogens with two attached hydrogens (primary N) is 1. The van der Waals surface area contributed by atoms with Gasteiger partial charge in [-0.1, -0.05) is 18.2 Å². The van der Waals surface area contributed by atoms with Crippen molar-refractivity contribution in [1.29, 1.82) is 0 Å². The number of benzene rings is 1. The molecule has 2 amide bonds. The van der Waals surface area contributed by atoms with E-state index in [2.05, 4.69) is 5.32 Å². The van der Waals surface area contributed by atoms with Gasteiger partial charge < -0.3 is 20.7 Å². The van der Waals surface area contributed by atoms with Crippen LogP contribution in [0.1, 0.15) is 36.0 Å². The van der Waals surface area contributed by atoms with Crippen LogP contribution in [0.2, 0.25) is 0 Å². The summed E-state index contributed by atoms with van der Waals surface area (Å²) in [6.45, 7) is 0.396. The van der Waals surface area contributed by atoms with E-state index in [1.165, 1.54) is 6.42 Å². The van der Waals surface area contributed by atoms with Crippen molar-refractivity contribution in [2.75, 3.05) is 6.54 Å². The lowest BCUT2D eigenvalue weighted by Gasteiger charge is -2.32. The zero-order valence-electron chi connectivity index (χ0n) is 14.1. The zero-order valence-corrected chi connectivity index (χ0v) is 14.1. The van der Waals surface area contributed by atoms with Crippen LogP contribution < -0.4 is 11.1 Å². The van der Waals surface area contributed by atoms with E-state index in [1.54, 1.807) is 10.8 Å². The van der Waals surface area contributed by atoms with Crippen LogP contribution in [0.4, 0.5) is 0 Å². The molecule has 2 aliphatic carbocycles. The molecular formula is C19H23N3O3. The number of carbonyl (C=O) groups is 2. The van der Waals surface area contributed by atoms with E-state index in [0.717, 1.165) is 30.2 Å². The third kappa shape index (κ3) is 2.80. The summed E-state index contributed by atoms with van der Waals surface area (Å²) in [7, 11) is 0. The third-order valence-corrected chi connectivity index (χ3v) is 5.90. The second kappa shape index (κ2) is 5.88. The van der Waals surface area contributed by atoms with Gasteiger partial charge in [0.15, 0.2) is 0 Å². The fraction of sp³-hybridized carbons (Fsp3) is 0.474. The number of nitrogens with one attached hydrogen (secondary N) is 1. The van der Waals surface area contributed by atoms with E-state index in [-0.39, 0.29) is 12.5 Å². The molecule has 0 unspecified atom stereocenters. The normalized spacial score (nSPS) is 27.7. The Hall–Kier alpha value is -2.34. The van der Waals surface area contributed by atoms with Crippen LogP contribution in [0.5, 0.6) is 0 Å². The number of para-hydroxylation sites is 1. The Morgan fingerprint density at radius 1 is 1.32 bits per heavy atom. The van der Waals surface area contributed by atoms with Gasteiger partial charge in [-0.05, 0) is 43.6 Å². The van der Waals surface area contributed by atoms with E-state index < -0.39 is 11.5 Å². The Morgan fingerprint density at radius 3 is 2.80 bits per heavy atom. The van der Waals surface area contributed by atoms with Crippen LogP contribution in [-0.2, 0) is 11.3 Å². The monoisotopic (exact) mass is 341 g/mol. The molecule has 0 radical (unpaired) electrons. The smallest absolute Gasteiger partial charge is 0.250 e. The first-order valence-corrected chi connectivity index (χ1v) is 8.83. The highest BCUT2D eigenvalue weighted by molar-refractivity contribution is 6.06. The average molecular weight is 341 g/mol. The van der Waals surface area contributed by atoms with Gasteiger partial charge in [0, 0.05) is 23.6 Å². The summed E-state index contributed by atoms with van der Waals surface area (Å²) in [5.74, 6) is 0.240. The van der Waals surface area contributed by atoms with Gasteiger partial charge in [-0.25, -0.2) is 0 Å². The molecule has 1 aromatic carbocycles. The predicted octanol–water partition coefficient (Wildman–Crippen LogP) is 1.41. The molecule has 6 heteroatoms. The van der Waals surface area contributed by atoms with E-state index in [4.69, 9.17) is 5.73 Å². The zero-order chi connectivity index (χ0) is 17.6. The topological polar surface area (TPSA) is 97.4 Å². The van der Waals surface area contributed by atoms with Crippen molar-refractivity contribution >= 4 is 22.7 Å². The van der Waals surface area contributed by atoms with Gasteiger partial charge in [0.05, 0.1) is 11.2 Å². The minimum atomic E-state index is -0.754. The number of hydrogen-bond donors (Lipinski definition) is 3. The minimum absolute atomic E-state index is 0.0952. The number of nitrogens with zero attached hydrogens (tertiary/aromatic N) is 1. The number of carbonyl (C=O) groups excluding carboxylic acids is 2. The molecule has 25 heavy (non-hydrogen) atoms. The molecule has 4 N–H and O–H groups in total. The maximum Gasteiger partial charge on any atom is 0.250 e. The molecule has 0 aliphatic heterocycles. The van der Waals surface area contributed by atoms with Crippen molar-refractivity contribution in [2.24, 2.45) is 17.6 Å². The molecule has 3 atom stereocenters. The summed E-state index contributed by atoms with van der Waals surface area (Å²) >= 11 is 0. The Balaban J connectivity index is 1.46. The molecule has 2 aromatic rings. The first-order chi connectivity index (χ1) is 12.0. The van der Waals surface area contributed by atoms with Gasteiger partial charge in [0.2, 0.25) is 5.91 Å². The van der Waals surface area contributed by atoms with Crippen molar-refractivity contribution in [2.45, 2.75) is 37.8 Å². The molecule has 2 saturated carbocycles. The van der Waals surface area contributed by atoms with Crippen molar-refractivity contribution < 1.29 is 14.7 Å². The molecular weight excluding hydrogens is 318 g/mol. The van der Waals surface area contributed by atoms with Crippen LogP contribution in [0.15, 0.2) is 30.5 Å². The lowest BCUT2D eigenvalue weighted by Crippen LogP contribution is -2.47. The first kappa shape index (κ1) is 16.1. The quantitative estimate of drug-likeness (QED) is 0.767. The summed E-state index contributed by atoms with van der Waals surface area (Å²) in [5.41, 5.74) is 5.89. The molecule has 1 heterocycles. The Morgan fingerprint density at radius 2 is 2.12 bits per heavy atom. The van der Waals surface area contributed by atoms with E-state index in [0.29, 0.717) is 23.9 Å². The molecule has 1 aromatic heterocycles. The van der Waals surface area contributed by atoms with Crippen molar-refractivity contribution in [3.8, 4) is 0 Å². The predicted molar refractivity (Wildman–Crippen MR) is 93.9 cm³/mol. The second-order valence-corrected chi connectivity index (χ2v) is 7.51. The number of fused-ring (bicyclic) bond motifs is 3. The number of aromatic nitrogens is 1. The highest BCUT2D eigenvalue weighted by Gasteiger charge is 2.49. The summed E-state index contributed by atoms with van der Waals surface area (Å²) in [6.07, 6.45) is 5.75. The number of primary amides is 1. The van der Waals surface area contributed by atoms with Gasteiger partial charge in [-0.2, -0.15) is 0 Å². The van der Waals surface area contributed by atoms with E-state index in [9.17, 15) is 14.7 Å². The first-order valence-electron chi connectivity index (χ1n) is 8.83. The number of hydrogen-bond acceptors (Lipinski definition) is 3. The molecule has 132 valence electrons. The summed E-state index contributed by atoms with van der Waals surface area (Å²) < 4.78 is 1.73. The molecule has 0 saturated heterocycles. The fourth-order valence-electron chi connectivity index (χ4n) is 4.67. The Bertz CT molecular complexity index is 844. The van der Waals surface area contributed by atoms with Gasteiger partial charge in [0.1, 0.15) is 6.54 Å². The van der Waals surface area contributed by atoms with Crippen molar-refractivity contribution in [1.82, 2.24) is 9.88 Å². The van der Waals surface area contributed by atoms with Crippen LogP contribution in [0.25, 0.3) is 10.9 Å². The summed E-state index contributed by atoms with van der Waals surface area (Å²) in [5, 5.41) is 14.4. The molecule has 0 spiro atoms. The SMILES string of the molecule is NC(=O)c1cn(CC(=O)NC[C@@]2(O)C[C@H]3CC[C@@H]2C3)c2ccccc12. The third-order valence-electron chi connectivity index (χ3n) is 5.90.